The lowest BCUT2D eigenvalue weighted by Crippen LogP contribution is -2.35. The summed E-state index contributed by atoms with van der Waals surface area (Å²) < 4.78 is 2.20. The summed E-state index contributed by atoms with van der Waals surface area (Å²) in [6.07, 6.45) is 3.71. The number of carbonyl (C=O) groups is 1. The van der Waals surface area contributed by atoms with Crippen LogP contribution in [0.4, 0.5) is 0 Å². The Hall–Kier alpha value is -3.45. The molecule has 0 bridgehead atoms. The first kappa shape index (κ1) is 22.3. The van der Waals surface area contributed by atoms with Crippen molar-refractivity contribution < 1.29 is 4.79 Å². The van der Waals surface area contributed by atoms with Crippen LogP contribution < -0.4 is 0 Å². The summed E-state index contributed by atoms with van der Waals surface area (Å²) in [5.41, 5.74) is 4.32. The number of carbonyl (C=O) groups excluding carboxylic acids is 1. The summed E-state index contributed by atoms with van der Waals surface area (Å²) in [4.78, 5) is 17.2. The van der Waals surface area contributed by atoms with Crippen LogP contribution in [-0.2, 0) is 4.79 Å². The van der Waals surface area contributed by atoms with Gasteiger partial charge in [0.15, 0.2) is 5.84 Å². The van der Waals surface area contributed by atoms with E-state index in [2.05, 4.69) is 71.8 Å². The highest BCUT2D eigenvalue weighted by Gasteiger charge is 2.37. The minimum absolute atomic E-state index is 0.0819. The zero-order chi connectivity index (χ0) is 24.0. The smallest absolute Gasteiger partial charge is 0.283 e. The van der Waals surface area contributed by atoms with Gasteiger partial charge in [-0.2, -0.15) is 15.1 Å². The summed E-state index contributed by atoms with van der Waals surface area (Å²) in [6.45, 7) is 8.36. The predicted molar refractivity (Wildman–Crippen MR) is 142 cm³/mol. The van der Waals surface area contributed by atoms with Crippen LogP contribution in [0, 0.1) is 25.2 Å². The van der Waals surface area contributed by atoms with Gasteiger partial charge in [0.25, 0.3) is 5.91 Å². The van der Waals surface area contributed by atoms with Crippen molar-refractivity contribution in [3.05, 3.63) is 71.1 Å². The fourth-order valence-electron chi connectivity index (χ4n) is 4.67. The number of nitrogens with one attached hydrogen (secondary N) is 1. The molecular weight excluding hydrogens is 442 g/mol. The molecule has 0 atom stereocenters. The summed E-state index contributed by atoms with van der Waals surface area (Å²) in [6, 6.07) is 16.7. The van der Waals surface area contributed by atoms with E-state index in [0.29, 0.717) is 11.1 Å². The van der Waals surface area contributed by atoms with Crippen LogP contribution in [0.25, 0.3) is 22.5 Å². The van der Waals surface area contributed by atoms with Gasteiger partial charge in [-0.1, -0.05) is 50.2 Å². The van der Waals surface area contributed by atoms with Crippen molar-refractivity contribution in [2.75, 3.05) is 0 Å². The summed E-state index contributed by atoms with van der Waals surface area (Å²) in [5.74, 6) is 0.00591. The van der Waals surface area contributed by atoms with E-state index in [-0.39, 0.29) is 17.3 Å². The topological polar surface area (TPSA) is 73.8 Å². The van der Waals surface area contributed by atoms with Gasteiger partial charge in [0.2, 0.25) is 5.17 Å². The summed E-state index contributed by atoms with van der Waals surface area (Å²) in [5, 5.41) is 18.6. The highest BCUT2D eigenvalue weighted by atomic mass is 32.2. The van der Waals surface area contributed by atoms with E-state index in [0.717, 1.165) is 40.5 Å². The molecule has 2 aromatic carbocycles. The zero-order valence-electron chi connectivity index (χ0n) is 19.8. The van der Waals surface area contributed by atoms with Crippen LogP contribution in [0.3, 0.4) is 0 Å². The Morgan fingerprint density at radius 3 is 2.59 bits per heavy atom. The minimum Gasteiger partial charge on any atom is -0.317 e. The fourth-order valence-corrected chi connectivity index (χ4v) is 5.83. The van der Waals surface area contributed by atoms with Crippen molar-refractivity contribution >= 4 is 50.6 Å². The predicted octanol–water partition coefficient (Wildman–Crippen LogP) is 6.30. The third kappa shape index (κ3) is 3.60. The van der Waals surface area contributed by atoms with E-state index in [9.17, 15) is 4.79 Å². The van der Waals surface area contributed by atoms with Crippen LogP contribution in [-0.4, -0.2) is 31.5 Å². The number of amidine groups is 2. The molecule has 34 heavy (non-hydrogen) atoms. The summed E-state index contributed by atoms with van der Waals surface area (Å²) >= 11 is 1.41. The maximum Gasteiger partial charge on any atom is 0.283 e. The van der Waals surface area contributed by atoms with Crippen LogP contribution in [0.2, 0.25) is 0 Å². The van der Waals surface area contributed by atoms with E-state index in [1.54, 1.807) is 6.08 Å². The van der Waals surface area contributed by atoms with Gasteiger partial charge in [0, 0.05) is 22.7 Å². The van der Waals surface area contributed by atoms with Gasteiger partial charge in [-0.15, -0.1) is 0 Å². The van der Waals surface area contributed by atoms with Crippen molar-refractivity contribution in [3.8, 4) is 5.69 Å². The third-order valence-electron chi connectivity index (χ3n) is 6.58. The third-order valence-corrected chi connectivity index (χ3v) is 7.65. The average Bonchev–Trinajstić information content (AvgIpc) is 3.37. The number of aliphatic imine (C=N–C) groups is 1. The van der Waals surface area contributed by atoms with Crippen molar-refractivity contribution in [2.45, 2.75) is 40.5 Å². The van der Waals surface area contributed by atoms with E-state index < -0.39 is 0 Å². The maximum absolute atomic E-state index is 12.9. The molecule has 0 radical (unpaired) electrons. The molecule has 1 amide bonds. The molecule has 0 unspecified atom stereocenters. The number of aryl methyl sites for hydroxylation is 1. The number of hydrogen-bond acceptors (Lipinski definition) is 4. The van der Waals surface area contributed by atoms with E-state index in [4.69, 9.17) is 5.41 Å². The monoisotopic (exact) mass is 469 g/mol. The molecule has 3 aromatic rings. The number of hydrazone groups is 1. The van der Waals surface area contributed by atoms with Crippen LogP contribution in [0.1, 0.15) is 43.6 Å². The summed E-state index contributed by atoms with van der Waals surface area (Å²) in [7, 11) is 0. The van der Waals surface area contributed by atoms with Crippen molar-refractivity contribution in [1.29, 1.82) is 5.41 Å². The highest BCUT2D eigenvalue weighted by Crippen LogP contribution is 2.34. The number of aromatic nitrogens is 1. The van der Waals surface area contributed by atoms with Gasteiger partial charge in [0.1, 0.15) is 5.04 Å². The van der Waals surface area contributed by atoms with Gasteiger partial charge in [-0.25, -0.2) is 0 Å². The second-order valence-electron chi connectivity index (χ2n) is 8.63. The number of hydrogen-bond donors (Lipinski definition) is 1. The molecule has 0 fully saturated rings. The van der Waals surface area contributed by atoms with Gasteiger partial charge < -0.3 is 4.57 Å². The molecule has 2 aliphatic heterocycles. The number of fused-ring (bicyclic) bond motifs is 2. The largest absolute Gasteiger partial charge is 0.317 e. The molecule has 172 valence electrons. The Morgan fingerprint density at radius 2 is 1.82 bits per heavy atom. The van der Waals surface area contributed by atoms with Crippen molar-refractivity contribution in [1.82, 2.24) is 9.58 Å². The molecule has 0 saturated heterocycles. The minimum atomic E-state index is -0.389. The maximum atomic E-state index is 12.9. The Balaban J connectivity index is 1.55. The molecule has 0 saturated carbocycles. The van der Waals surface area contributed by atoms with Crippen LogP contribution >= 0.6 is 11.8 Å². The first-order valence-electron chi connectivity index (χ1n) is 11.6. The average molecular weight is 470 g/mol. The van der Waals surface area contributed by atoms with Crippen LogP contribution in [0.5, 0.6) is 0 Å². The normalized spacial score (nSPS) is 17.1. The molecule has 5 rings (SSSR count). The molecule has 0 aliphatic carbocycles. The molecule has 6 nitrogen and oxygen atoms in total. The molecule has 1 aromatic heterocycles. The number of thioether (sulfide) groups is 1. The number of benzene rings is 2. The number of nitrogens with zero attached hydrogens (tertiary/aromatic N) is 4. The lowest BCUT2D eigenvalue weighted by Gasteiger charge is -2.20. The number of amides is 1. The fraction of sp³-hybridized carbons (Fsp3) is 0.259. The van der Waals surface area contributed by atoms with Crippen LogP contribution in [0.15, 0.2) is 64.2 Å². The van der Waals surface area contributed by atoms with E-state index in [1.165, 1.54) is 27.5 Å². The lowest BCUT2D eigenvalue weighted by molar-refractivity contribution is -0.114. The Morgan fingerprint density at radius 1 is 1.09 bits per heavy atom. The quantitative estimate of drug-likeness (QED) is 0.446. The molecule has 0 spiro atoms. The standard InChI is InChI=1S/C27H27N5OS/c1-5-18(6-2)26-30-32-24(28)22(25(33)29-27(32)34-26)15-20-14-16(3)31(17(20)4)23-13-9-11-19-10-7-8-12-21(19)23/h7-15,18,28H,5-6H2,1-4H3/b22-15-,28-24?. The molecule has 1 N–H and O–H groups in total. The lowest BCUT2D eigenvalue weighted by atomic mass is 10.1. The second kappa shape index (κ2) is 8.72. The Kier molecular flexibility index (Phi) is 5.73. The van der Waals surface area contributed by atoms with Crippen molar-refractivity contribution in [3.63, 3.8) is 0 Å². The van der Waals surface area contributed by atoms with Gasteiger partial charge >= 0.3 is 0 Å². The van der Waals surface area contributed by atoms with Gasteiger partial charge in [-0.3, -0.25) is 10.2 Å². The van der Waals surface area contributed by atoms with Crippen molar-refractivity contribution in [2.24, 2.45) is 16.0 Å². The molecule has 2 aliphatic rings. The number of rotatable bonds is 5. The zero-order valence-corrected chi connectivity index (χ0v) is 20.6. The SMILES string of the molecule is CCC(CC)C1=NN2C(=N)/C(=C/c3cc(C)n(-c4cccc5ccccc45)c3C)C(=O)N=C2S1. The van der Waals surface area contributed by atoms with E-state index >= 15 is 0 Å². The molecule has 7 heteroatoms. The van der Waals surface area contributed by atoms with E-state index in [1.807, 2.05) is 19.1 Å². The van der Waals surface area contributed by atoms with Gasteiger partial charge in [-0.05, 0) is 67.6 Å². The van der Waals surface area contributed by atoms with Gasteiger partial charge in [0.05, 0.1) is 11.3 Å². The first-order valence-corrected chi connectivity index (χ1v) is 12.4. The second-order valence-corrected chi connectivity index (χ2v) is 9.62. The highest BCUT2D eigenvalue weighted by molar-refractivity contribution is 8.27. The molecular formula is C27H27N5OS. The Bertz CT molecular complexity index is 1420. The molecule has 3 heterocycles. The Labute approximate surface area is 203 Å². The first-order chi connectivity index (χ1) is 16.4.